The third-order valence-electron chi connectivity index (χ3n) is 4.80. The smallest absolute Gasteiger partial charge is 0.268 e. The summed E-state index contributed by atoms with van der Waals surface area (Å²) in [5, 5.41) is 15.0. The van der Waals surface area contributed by atoms with Crippen LogP contribution in [0.4, 0.5) is 0 Å². The standard InChI is InChI=1S/C22H18N4O3/c1-13-19-20(14-9-10-17(28-2)18(11-14)29-3)16(12-23)22(27)24-21(19)26(25-13)15-7-5-4-6-8-15/h4-11H,1-3H3,(H,24,27). The van der Waals surface area contributed by atoms with Gasteiger partial charge in [-0.25, -0.2) is 4.68 Å². The minimum atomic E-state index is -0.470. The molecule has 144 valence electrons. The summed E-state index contributed by atoms with van der Waals surface area (Å²) in [5.74, 6) is 1.07. The minimum absolute atomic E-state index is 0.0282. The van der Waals surface area contributed by atoms with E-state index in [9.17, 15) is 10.1 Å². The number of methoxy groups -OCH3 is 2. The van der Waals surface area contributed by atoms with Gasteiger partial charge in [0, 0.05) is 10.9 Å². The molecule has 0 aliphatic heterocycles. The van der Waals surface area contributed by atoms with Gasteiger partial charge in [0.05, 0.1) is 25.6 Å². The zero-order valence-corrected chi connectivity index (χ0v) is 16.2. The summed E-state index contributed by atoms with van der Waals surface area (Å²) in [4.78, 5) is 15.6. The van der Waals surface area contributed by atoms with Crippen molar-refractivity contribution in [3.05, 3.63) is 70.1 Å². The van der Waals surface area contributed by atoms with E-state index in [1.165, 1.54) is 0 Å². The summed E-state index contributed by atoms with van der Waals surface area (Å²) in [7, 11) is 3.09. The number of aromatic nitrogens is 3. The van der Waals surface area contributed by atoms with Crippen molar-refractivity contribution in [2.45, 2.75) is 6.92 Å². The molecule has 0 bridgehead atoms. The SMILES string of the molecule is COc1ccc(-c2c(C#N)c(=O)[nH]c3c2c(C)nn3-c2ccccc2)cc1OC. The van der Waals surface area contributed by atoms with Crippen molar-refractivity contribution in [3.8, 4) is 34.4 Å². The molecule has 4 aromatic rings. The van der Waals surface area contributed by atoms with Gasteiger partial charge in [-0.2, -0.15) is 10.4 Å². The second kappa shape index (κ2) is 7.17. The lowest BCUT2D eigenvalue weighted by atomic mass is 9.97. The molecule has 0 saturated carbocycles. The van der Waals surface area contributed by atoms with Gasteiger partial charge >= 0.3 is 0 Å². The molecule has 4 rings (SSSR count). The molecule has 0 fully saturated rings. The average Bonchev–Trinajstić information content (AvgIpc) is 3.08. The molecule has 0 radical (unpaired) electrons. The lowest BCUT2D eigenvalue weighted by molar-refractivity contribution is 0.355. The van der Waals surface area contributed by atoms with Gasteiger partial charge in [0.1, 0.15) is 17.3 Å². The van der Waals surface area contributed by atoms with Crippen LogP contribution in [0.3, 0.4) is 0 Å². The fourth-order valence-electron chi connectivity index (χ4n) is 3.49. The number of rotatable bonds is 4. The maximum atomic E-state index is 12.8. The topological polar surface area (TPSA) is 92.9 Å². The van der Waals surface area contributed by atoms with Crippen molar-refractivity contribution in [3.63, 3.8) is 0 Å². The molecule has 0 aliphatic rings. The number of fused-ring (bicyclic) bond motifs is 1. The van der Waals surface area contributed by atoms with Crippen LogP contribution in [-0.2, 0) is 0 Å². The minimum Gasteiger partial charge on any atom is -0.493 e. The van der Waals surface area contributed by atoms with Crippen molar-refractivity contribution in [1.82, 2.24) is 14.8 Å². The summed E-state index contributed by atoms with van der Waals surface area (Å²) in [5.41, 5.74) is 2.79. The van der Waals surface area contributed by atoms with Gasteiger partial charge < -0.3 is 14.5 Å². The molecule has 0 spiro atoms. The number of benzene rings is 2. The van der Waals surface area contributed by atoms with E-state index in [0.29, 0.717) is 39.4 Å². The van der Waals surface area contributed by atoms with Gasteiger partial charge in [0.15, 0.2) is 11.5 Å². The maximum Gasteiger partial charge on any atom is 0.268 e. The number of hydrogen-bond acceptors (Lipinski definition) is 5. The molecule has 1 N–H and O–H groups in total. The molecule has 0 atom stereocenters. The number of pyridine rings is 1. The van der Waals surface area contributed by atoms with Crippen LogP contribution in [0.2, 0.25) is 0 Å². The second-order valence-corrected chi connectivity index (χ2v) is 6.44. The van der Waals surface area contributed by atoms with Gasteiger partial charge in [0.25, 0.3) is 5.56 Å². The Kier molecular flexibility index (Phi) is 4.53. The van der Waals surface area contributed by atoms with E-state index in [0.717, 1.165) is 5.69 Å². The quantitative estimate of drug-likeness (QED) is 0.579. The maximum absolute atomic E-state index is 12.8. The normalized spacial score (nSPS) is 10.7. The summed E-state index contributed by atoms with van der Waals surface area (Å²) in [6.07, 6.45) is 0. The van der Waals surface area contributed by atoms with E-state index in [1.807, 2.05) is 43.3 Å². The molecular weight excluding hydrogens is 368 g/mol. The number of nitrogens with zero attached hydrogens (tertiary/aromatic N) is 3. The monoisotopic (exact) mass is 386 g/mol. The summed E-state index contributed by atoms with van der Waals surface area (Å²) >= 11 is 0. The Bertz CT molecular complexity index is 1310. The van der Waals surface area contributed by atoms with Gasteiger partial charge in [-0.1, -0.05) is 24.3 Å². The van der Waals surface area contributed by atoms with Crippen LogP contribution in [0.5, 0.6) is 11.5 Å². The number of ether oxygens (including phenoxy) is 2. The zero-order chi connectivity index (χ0) is 20.5. The molecule has 7 nitrogen and oxygen atoms in total. The van der Waals surface area contributed by atoms with E-state index in [-0.39, 0.29) is 5.56 Å². The number of hydrogen-bond donors (Lipinski definition) is 1. The Morgan fingerprint density at radius 3 is 2.45 bits per heavy atom. The third-order valence-corrected chi connectivity index (χ3v) is 4.80. The number of aryl methyl sites for hydroxylation is 1. The largest absolute Gasteiger partial charge is 0.493 e. The van der Waals surface area contributed by atoms with Crippen LogP contribution in [0.15, 0.2) is 53.3 Å². The van der Waals surface area contributed by atoms with Crippen molar-refractivity contribution >= 4 is 11.0 Å². The molecule has 2 aromatic carbocycles. The van der Waals surface area contributed by atoms with Crippen molar-refractivity contribution in [1.29, 1.82) is 5.26 Å². The molecule has 2 aromatic heterocycles. The number of H-pyrrole nitrogens is 1. The first kappa shape index (κ1) is 18.3. The first-order valence-electron chi connectivity index (χ1n) is 8.92. The first-order chi connectivity index (χ1) is 14.1. The second-order valence-electron chi connectivity index (χ2n) is 6.44. The fourth-order valence-corrected chi connectivity index (χ4v) is 3.49. The first-order valence-corrected chi connectivity index (χ1v) is 8.92. The molecule has 0 unspecified atom stereocenters. The molecule has 0 amide bonds. The van der Waals surface area contributed by atoms with E-state index < -0.39 is 5.56 Å². The lowest BCUT2D eigenvalue weighted by Crippen LogP contribution is -2.13. The Hall–Kier alpha value is -4.05. The van der Waals surface area contributed by atoms with E-state index in [2.05, 4.69) is 10.1 Å². The van der Waals surface area contributed by atoms with E-state index in [4.69, 9.17) is 9.47 Å². The predicted octanol–water partition coefficient (Wildman–Crippen LogP) is 3.58. The highest BCUT2D eigenvalue weighted by Gasteiger charge is 2.21. The summed E-state index contributed by atoms with van der Waals surface area (Å²) in [6.45, 7) is 1.85. The number of nitriles is 1. The zero-order valence-electron chi connectivity index (χ0n) is 16.2. The van der Waals surface area contributed by atoms with Crippen molar-refractivity contribution in [2.75, 3.05) is 14.2 Å². The Morgan fingerprint density at radius 1 is 1.07 bits per heavy atom. The Labute approximate surface area is 166 Å². The fraction of sp³-hybridized carbons (Fsp3) is 0.136. The highest BCUT2D eigenvalue weighted by Crippen LogP contribution is 2.37. The summed E-state index contributed by atoms with van der Waals surface area (Å²) < 4.78 is 12.4. The predicted molar refractivity (Wildman–Crippen MR) is 110 cm³/mol. The highest BCUT2D eigenvalue weighted by atomic mass is 16.5. The molecule has 2 heterocycles. The average molecular weight is 386 g/mol. The van der Waals surface area contributed by atoms with Crippen molar-refractivity contribution in [2.24, 2.45) is 0 Å². The lowest BCUT2D eigenvalue weighted by Gasteiger charge is -2.12. The van der Waals surface area contributed by atoms with Crippen LogP contribution in [-0.4, -0.2) is 29.0 Å². The molecule has 7 heteroatoms. The van der Waals surface area contributed by atoms with Crippen LogP contribution in [0.25, 0.3) is 27.8 Å². The summed E-state index contributed by atoms with van der Waals surface area (Å²) in [6, 6.07) is 16.9. The number of para-hydroxylation sites is 1. The van der Waals surface area contributed by atoms with Crippen molar-refractivity contribution < 1.29 is 9.47 Å². The Morgan fingerprint density at radius 2 is 1.79 bits per heavy atom. The van der Waals surface area contributed by atoms with Gasteiger partial charge in [-0.05, 0) is 36.8 Å². The molecule has 0 saturated heterocycles. The van der Waals surface area contributed by atoms with E-state index >= 15 is 0 Å². The third kappa shape index (κ3) is 2.91. The highest BCUT2D eigenvalue weighted by molar-refractivity contribution is 5.98. The molecule has 0 aliphatic carbocycles. The van der Waals surface area contributed by atoms with Crippen LogP contribution < -0.4 is 15.0 Å². The Balaban J connectivity index is 2.10. The van der Waals surface area contributed by atoms with E-state index in [1.54, 1.807) is 37.1 Å². The van der Waals surface area contributed by atoms with Crippen LogP contribution in [0, 0.1) is 18.3 Å². The van der Waals surface area contributed by atoms with Gasteiger partial charge in [0.2, 0.25) is 0 Å². The van der Waals surface area contributed by atoms with Gasteiger partial charge in [-0.15, -0.1) is 0 Å². The van der Waals surface area contributed by atoms with Crippen LogP contribution in [0.1, 0.15) is 11.3 Å². The van der Waals surface area contributed by atoms with Gasteiger partial charge in [-0.3, -0.25) is 4.79 Å². The number of nitrogens with one attached hydrogen (secondary N) is 1. The molecule has 29 heavy (non-hydrogen) atoms. The molecular formula is C22H18N4O3. The van der Waals surface area contributed by atoms with Crippen LogP contribution >= 0.6 is 0 Å². The number of aromatic amines is 1.